The largest absolute Gasteiger partial charge is 0.0879 e. The molecule has 2 aliphatic rings. The minimum atomic E-state index is -1.64. The lowest BCUT2D eigenvalue weighted by Gasteiger charge is -2.30. The summed E-state index contributed by atoms with van der Waals surface area (Å²) in [4.78, 5) is 0. The maximum absolute atomic E-state index is 6.33. The van der Waals surface area contributed by atoms with E-state index in [2.05, 4.69) is 66.8 Å². The molecule has 0 aromatic heterocycles. The highest BCUT2D eigenvalue weighted by atomic mass is 32.4. The minimum absolute atomic E-state index is 1.03. The lowest BCUT2D eigenvalue weighted by Crippen LogP contribution is -2.00. The van der Waals surface area contributed by atoms with Crippen LogP contribution in [0.2, 0.25) is 0 Å². The summed E-state index contributed by atoms with van der Waals surface area (Å²) in [7, 11) is 0. The first kappa shape index (κ1) is 14.8. The predicted octanol–water partition coefficient (Wildman–Crippen LogP) is 6.13. The molecule has 1 aromatic carbocycles. The fourth-order valence-corrected chi connectivity index (χ4v) is 7.50. The Labute approximate surface area is 133 Å². The molecule has 0 bridgehead atoms. The van der Waals surface area contributed by atoms with Crippen molar-refractivity contribution in [3.63, 3.8) is 0 Å². The van der Waals surface area contributed by atoms with Gasteiger partial charge >= 0.3 is 0 Å². The summed E-state index contributed by atoms with van der Waals surface area (Å²) in [5.74, 6) is 0. The summed E-state index contributed by atoms with van der Waals surface area (Å²) >= 11 is 6.33. The Morgan fingerprint density at radius 2 is 1.43 bits per heavy atom. The normalized spacial score (nSPS) is 18.3. The molecule has 0 heterocycles. The molecule has 0 radical (unpaired) electrons. The third-order valence-corrected chi connectivity index (χ3v) is 9.37. The molecule has 21 heavy (non-hydrogen) atoms. The lowest BCUT2D eigenvalue weighted by atomic mass is 10.2. The van der Waals surface area contributed by atoms with E-state index in [1.165, 1.54) is 16.2 Å². The van der Waals surface area contributed by atoms with E-state index in [9.17, 15) is 0 Å². The van der Waals surface area contributed by atoms with Crippen molar-refractivity contribution in [2.75, 3.05) is 0 Å². The zero-order valence-corrected chi connectivity index (χ0v) is 14.0. The molecule has 1 aromatic rings. The second-order valence-electron chi connectivity index (χ2n) is 5.63. The van der Waals surface area contributed by atoms with Crippen LogP contribution < -0.4 is 0 Å². The Bertz CT molecular complexity index is 626. The number of hydrogen-bond acceptors (Lipinski definition) is 1. The summed E-state index contributed by atoms with van der Waals surface area (Å²) in [5, 5.41) is 3.04. The van der Waals surface area contributed by atoms with Crippen molar-refractivity contribution < 1.29 is 0 Å². The average Bonchev–Trinajstić information content (AvgIpc) is 2.57. The number of benzene rings is 1. The molecule has 0 N–H and O–H groups in total. The van der Waals surface area contributed by atoms with Crippen LogP contribution in [0, 0.1) is 0 Å². The summed E-state index contributed by atoms with van der Waals surface area (Å²) in [5.41, 5.74) is 1.38. The zero-order valence-electron chi connectivity index (χ0n) is 12.2. The van der Waals surface area contributed by atoms with Crippen LogP contribution in [0.5, 0.6) is 0 Å². The Morgan fingerprint density at radius 3 is 1.90 bits per heavy atom. The van der Waals surface area contributed by atoms with Gasteiger partial charge in [-0.15, -0.1) is 0 Å². The highest BCUT2D eigenvalue weighted by Crippen LogP contribution is 2.66. The van der Waals surface area contributed by atoms with Gasteiger partial charge in [-0.25, -0.2) is 0 Å². The third-order valence-electron chi connectivity index (χ3n) is 4.16. The molecule has 108 valence electrons. The summed E-state index contributed by atoms with van der Waals surface area (Å²) in [6, 6.07) is 9.13. The fourth-order valence-electron chi connectivity index (χ4n) is 3.01. The molecule has 3 rings (SSSR count). The van der Waals surface area contributed by atoms with Crippen LogP contribution in [-0.2, 0) is 18.0 Å². The molecule has 0 aliphatic heterocycles. The maximum atomic E-state index is 6.33. The molecule has 0 unspecified atom stereocenters. The van der Waals surface area contributed by atoms with Crippen LogP contribution in [0.3, 0.4) is 0 Å². The second-order valence-corrected chi connectivity index (χ2v) is 10.4. The second kappa shape index (κ2) is 6.73. The van der Waals surface area contributed by atoms with Gasteiger partial charge in [-0.2, -0.15) is 0 Å². The maximum Gasteiger partial charge on any atom is 0.00879 e. The van der Waals surface area contributed by atoms with Crippen LogP contribution in [-0.4, -0.2) is 0 Å². The highest BCUT2D eigenvalue weighted by molar-refractivity contribution is 8.18. The first-order chi connectivity index (χ1) is 10.3. The van der Waals surface area contributed by atoms with Gasteiger partial charge in [0.1, 0.15) is 0 Å². The van der Waals surface area contributed by atoms with Crippen molar-refractivity contribution in [3.8, 4) is 0 Å². The Morgan fingerprint density at radius 1 is 0.857 bits per heavy atom. The molecular formula is C19H21PS. The quantitative estimate of drug-likeness (QED) is 0.602. The molecule has 0 nitrogen and oxygen atoms in total. The van der Waals surface area contributed by atoms with E-state index in [0.29, 0.717) is 0 Å². The standard InChI is InChI=1S/C19H21PS/c21-20(18-12-6-2-7-13-18,19-14-8-3-9-15-19)16-17-10-4-1-5-11-17/h1-6,8,10-12,14H,7,9,13,15-16H2. The molecule has 0 spiro atoms. The Balaban J connectivity index is 2.00. The minimum Gasteiger partial charge on any atom is -0.0879 e. The van der Waals surface area contributed by atoms with Crippen LogP contribution >= 0.6 is 6.04 Å². The highest BCUT2D eigenvalue weighted by Gasteiger charge is 2.27. The van der Waals surface area contributed by atoms with Crippen molar-refractivity contribution in [1.82, 2.24) is 0 Å². The van der Waals surface area contributed by atoms with Gasteiger partial charge in [-0.1, -0.05) is 78.6 Å². The van der Waals surface area contributed by atoms with Crippen LogP contribution in [0.15, 0.2) is 77.4 Å². The lowest BCUT2D eigenvalue weighted by molar-refractivity contribution is 0.993. The van der Waals surface area contributed by atoms with Crippen molar-refractivity contribution in [2.45, 2.75) is 31.8 Å². The van der Waals surface area contributed by atoms with Gasteiger partial charge in [0.15, 0.2) is 0 Å². The summed E-state index contributed by atoms with van der Waals surface area (Å²) in [6.07, 6.45) is 19.1. The third kappa shape index (κ3) is 3.36. The van der Waals surface area contributed by atoms with E-state index in [1.807, 2.05) is 0 Å². The molecule has 0 saturated heterocycles. The van der Waals surface area contributed by atoms with Crippen LogP contribution in [0.25, 0.3) is 0 Å². The molecular weight excluding hydrogens is 291 g/mol. The molecule has 0 saturated carbocycles. The van der Waals surface area contributed by atoms with Crippen LogP contribution in [0.1, 0.15) is 31.2 Å². The molecule has 0 amide bonds. The molecule has 2 aliphatic carbocycles. The monoisotopic (exact) mass is 312 g/mol. The first-order valence-corrected chi connectivity index (χ1v) is 10.6. The average molecular weight is 312 g/mol. The number of allylic oxidation sites excluding steroid dienone is 8. The number of hydrogen-bond donors (Lipinski definition) is 0. The van der Waals surface area contributed by atoms with E-state index in [0.717, 1.165) is 31.8 Å². The van der Waals surface area contributed by atoms with Gasteiger partial charge in [0.2, 0.25) is 0 Å². The fraction of sp³-hybridized carbons (Fsp3) is 0.263. The van der Waals surface area contributed by atoms with Gasteiger partial charge < -0.3 is 0 Å². The summed E-state index contributed by atoms with van der Waals surface area (Å²) < 4.78 is 0. The first-order valence-electron chi connectivity index (χ1n) is 7.64. The van der Waals surface area contributed by atoms with Crippen molar-refractivity contribution in [3.05, 3.63) is 83.0 Å². The van der Waals surface area contributed by atoms with Gasteiger partial charge in [0.25, 0.3) is 0 Å². The van der Waals surface area contributed by atoms with Crippen molar-refractivity contribution >= 4 is 17.8 Å². The zero-order chi connectivity index (χ0) is 14.5. The molecule has 0 fully saturated rings. The van der Waals surface area contributed by atoms with Gasteiger partial charge in [0, 0.05) is 12.2 Å². The Hall–Kier alpha value is -1.17. The van der Waals surface area contributed by atoms with Gasteiger partial charge in [0.05, 0.1) is 0 Å². The van der Waals surface area contributed by atoms with Gasteiger partial charge in [-0.3, -0.25) is 0 Å². The van der Waals surface area contributed by atoms with E-state index in [-0.39, 0.29) is 0 Å². The van der Waals surface area contributed by atoms with Crippen molar-refractivity contribution in [2.24, 2.45) is 0 Å². The SMILES string of the molecule is S=P(Cc1ccccc1)(C1=CC=CCC1)C1=CC=CCC1. The van der Waals surface area contributed by atoms with E-state index in [4.69, 9.17) is 11.8 Å². The number of rotatable bonds is 4. The Kier molecular flexibility index (Phi) is 4.73. The van der Waals surface area contributed by atoms with E-state index >= 15 is 0 Å². The smallest absolute Gasteiger partial charge is 0.00879 e. The van der Waals surface area contributed by atoms with Crippen LogP contribution in [0.4, 0.5) is 0 Å². The molecule has 2 heteroatoms. The summed E-state index contributed by atoms with van der Waals surface area (Å²) in [6.45, 7) is 0. The van der Waals surface area contributed by atoms with Gasteiger partial charge in [-0.05, 0) is 41.9 Å². The molecule has 0 atom stereocenters. The predicted molar refractivity (Wildman–Crippen MR) is 97.3 cm³/mol. The van der Waals surface area contributed by atoms with Crippen molar-refractivity contribution in [1.29, 1.82) is 0 Å². The van der Waals surface area contributed by atoms with E-state index in [1.54, 1.807) is 0 Å². The topological polar surface area (TPSA) is 0 Å². The van der Waals surface area contributed by atoms with E-state index < -0.39 is 6.04 Å².